The average molecular weight is 359 g/mol. The van der Waals surface area contributed by atoms with Gasteiger partial charge in [-0.05, 0) is 5.92 Å². The third-order valence-electron chi connectivity index (χ3n) is 3.41. The van der Waals surface area contributed by atoms with Gasteiger partial charge in [-0.25, -0.2) is 0 Å². The van der Waals surface area contributed by atoms with Crippen molar-refractivity contribution in [1.82, 2.24) is 16.0 Å². The Hall–Kier alpha value is -2.69. The number of hydrogen-bond acceptors (Lipinski definition) is 6. The van der Waals surface area contributed by atoms with Crippen LogP contribution in [0.4, 0.5) is 0 Å². The van der Waals surface area contributed by atoms with Crippen LogP contribution in [0.25, 0.3) is 0 Å². The highest BCUT2D eigenvalue weighted by molar-refractivity contribution is 5.93. The first kappa shape index (κ1) is 22.3. The molecule has 0 aromatic heterocycles. The minimum absolute atomic E-state index is 0.259. The molecule has 0 aliphatic heterocycles. The Kier molecular flexibility index (Phi) is 9.79. The number of aliphatic carboxylic acids is 1. The van der Waals surface area contributed by atoms with Gasteiger partial charge in [-0.15, -0.1) is 0 Å². The van der Waals surface area contributed by atoms with Crippen LogP contribution in [0.3, 0.4) is 0 Å². The first-order valence-electron chi connectivity index (χ1n) is 7.68. The summed E-state index contributed by atoms with van der Waals surface area (Å²) in [6.45, 7) is 2.50. The zero-order chi connectivity index (χ0) is 19.6. The number of carboxylic acid groups (broad SMARTS) is 1. The Balaban J connectivity index is 4.61. The minimum Gasteiger partial charge on any atom is -0.480 e. The van der Waals surface area contributed by atoms with Crippen molar-refractivity contribution in [2.24, 2.45) is 17.4 Å². The van der Waals surface area contributed by atoms with Crippen molar-refractivity contribution >= 4 is 29.6 Å². The second-order valence-corrected chi connectivity index (χ2v) is 5.54. The van der Waals surface area contributed by atoms with Crippen molar-refractivity contribution in [2.75, 3.05) is 13.1 Å². The van der Waals surface area contributed by atoms with Crippen LogP contribution in [0, 0.1) is 5.92 Å². The molecule has 11 heteroatoms. The summed E-state index contributed by atoms with van der Waals surface area (Å²) in [6.07, 6.45) is 0.196. The van der Waals surface area contributed by atoms with Crippen LogP contribution in [-0.2, 0) is 24.0 Å². The summed E-state index contributed by atoms with van der Waals surface area (Å²) in [6, 6.07) is -2.12. The molecule has 0 rings (SSSR count). The maximum Gasteiger partial charge on any atom is 0.322 e. The molecule has 0 aliphatic carbocycles. The van der Waals surface area contributed by atoms with Crippen LogP contribution in [0.5, 0.6) is 0 Å². The summed E-state index contributed by atoms with van der Waals surface area (Å²) < 4.78 is 0. The smallest absolute Gasteiger partial charge is 0.322 e. The first-order chi connectivity index (χ1) is 11.6. The fourth-order valence-corrected chi connectivity index (χ4v) is 1.81. The second-order valence-electron chi connectivity index (χ2n) is 5.54. The summed E-state index contributed by atoms with van der Waals surface area (Å²) in [5.41, 5.74) is 10.3. The molecule has 0 heterocycles. The maximum atomic E-state index is 12.0. The lowest BCUT2D eigenvalue weighted by molar-refractivity contribution is -0.138. The first-order valence-corrected chi connectivity index (χ1v) is 7.68. The van der Waals surface area contributed by atoms with Crippen LogP contribution >= 0.6 is 0 Å². The largest absolute Gasteiger partial charge is 0.480 e. The number of carboxylic acids is 1. The molecule has 0 spiro atoms. The summed E-state index contributed by atoms with van der Waals surface area (Å²) in [5, 5.41) is 15.4. The topological polar surface area (TPSA) is 194 Å². The highest BCUT2D eigenvalue weighted by Crippen LogP contribution is 2.07. The SMILES string of the molecule is CCC(C)C(NC(=O)CNC(=O)C(N)CC(N)=O)C(=O)NCC(=O)O. The molecule has 3 unspecified atom stereocenters. The van der Waals surface area contributed by atoms with E-state index in [4.69, 9.17) is 16.6 Å². The van der Waals surface area contributed by atoms with Crippen LogP contribution in [0.2, 0.25) is 0 Å². The van der Waals surface area contributed by atoms with Crippen molar-refractivity contribution < 1.29 is 29.1 Å². The van der Waals surface area contributed by atoms with Crippen molar-refractivity contribution in [2.45, 2.75) is 38.8 Å². The van der Waals surface area contributed by atoms with Crippen molar-refractivity contribution in [1.29, 1.82) is 0 Å². The molecule has 11 nitrogen and oxygen atoms in total. The highest BCUT2D eigenvalue weighted by atomic mass is 16.4. The number of nitrogens with one attached hydrogen (secondary N) is 3. The zero-order valence-corrected chi connectivity index (χ0v) is 14.2. The molecule has 0 radical (unpaired) electrons. The van der Waals surface area contributed by atoms with Crippen molar-refractivity contribution in [3.8, 4) is 0 Å². The molecule has 0 saturated carbocycles. The quantitative estimate of drug-likeness (QED) is 0.227. The van der Waals surface area contributed by atoms with Crippen LogP contribution in [0.15, 0.2) is 0 Å². The summed E-state index contributed by atoms with van der Waals surface area (Å²) in [7, 11) is 0. The fourth-order valence-electron chi connectivity index (χ4n) is 1.81. The van der Waals surface area contributed by atoms with Gasteiger partial charge in [0.05, 0.1) is 19.0 Å². The van der Waals surface area contributed by atoms with E-state index in [9.17, 15) is 24.0 Å². The summed E-state index contributed by atoms with van der Waals surface area (Å²) >= 11 is 0. The molecule has 8 N–H and O–H groups in total. The molecule has 4 amide bonds. The number of hydrogen-bond donors (Lipinski definition) is 6. The molecule has 0 aliphatic rings. The number of carbonyl (C=O) groups is 5. The van der Waals surface area contributed by atoms with E-state index < -0.39 is 54.8 Å². The lowest BCUT2D eigenvalue weighted by Gasteiger charge is -2.23. The lowest BCUT2D eigenvalue weighted by atomic mass is 9.98. The van der Waals surface area contributed by atoms with E-state index in [-0.39, 0.29) is 12.3 Å². The van der Waals surface area contributed by atoms with Gasteiger partial charge in [0, 0.05) is 0 Å². The zero-order valence-electron chi connectivity index (χ0n) is 14.2. The van der Waals surface area contributed by atoms with E-state index >= 15 is 0 Å². The average Bonchev–Trinajstić information content (AvgIpc) is 2.53. The minimum atomic E-state index is -1.21. The monoisotopic (exact) mass is 359 g/mol. The molecule has 0 aromatic carbocycles. The predicted octanol–water partition coefficient (Wildman–Crippen LogP) is -2.96. The van der Waals surface area contributed by atoms with E-state index in [2.05, 4.69) is 16.0 Å². The summed E-state index contributed by atoms with van der Waals surface area (Å²) in [4.78, 5) is 56.7. The molecule has 0 bridgehead atoms. The Morgan fingerprint density at radius 2 is 1.60 bits per heavy atom. The summed E-state index contributed by atoms with van der Waals surface area (Å²) in [5.74, 6) is -4.25. The molecular weight excluding hydrogens is 334 g/mol. The third kappa shape index (κ3) is 9.25. The Bertz CT molecular complexity index is 524. The van der Waals surface area contributed by atoms with Gasteiger partial charge < -0.3 is 32.5 Å². The lowest BCUT2D eigenvalue weighted by Crippen LogP contribution is -2.54. The van der Waals surface area contributed by atoms with Gasteiger partial charge >= 0.3 is 5.97 Å². The molecule has 25 heavy (non-hydrogen) atoms. The Labute approximate surface area is 144 Å². The van der Waals surface area contributed by atoms with E-state index in [1.807, 2.05) is 0 Å². The van der Waals surface area contributed by atoms with Gasteiger partial charge in [-0.3, -0.25) is 24.0 Å². The third-order valence-corrected chi connectivity index (χ3v) is 3.41. The van der Waals surface area contributed by atoms with E-state index in [0.29, 0.717) is 6.42 Å². The second kappa shape index (κ2) is 11.0. The van der Waals surface area contributed by atoms with E-state index in [0.717, 1.165) is 0 Å². The van der Waals surface area contributed by atoms with Gasteiger partial charge in [-0.2, -0.15) is 0 Å². The Morgan fingerprint density at radius 3 is 2.08 bits per heavy atom. The molecular formula is C14H25N5O6. The number of amides is 4. The highest BCUT2D eigenvalue weighted by Gasteiger charge is 2.26. The number of rotatable bonds is 11. The van der Waals surface area contributed by atoms with Crippen LogP contribution < -0.4 is 27.4 Å². The van der Waals surface area contributed by atoms with Crippen LogP contribution in [-0.4, -0.2) is 59.9 Å². The van der Waals surface area contributed by atoms with Crippen molar-refractivity contribution in [3.63, 3.8) is 0 Å². The van der Waals surface area contributed by atoms with Gasteiger partial charge in [-0.1, -0.05) is 20.3 Å². The number of nitrogens with two attached hydrogens (primary N) is 2. The van der Waals surface area contributed by atoms with Crippen molar-refractivity contribution in [3.05, 3.63) is 0 Å². The standard InChI is InChI=1S/C14H25N5O6/c1-3-7(2)12(14(25)18-6-11(22)23)19-10(21)5-17-13(24)8(15)4-9(16)20/h7-8,12H,3-6,15H2,1-2H3,(H2,16,20)(H,17,24)(H,18,25)(H,19,21)(H,22,23). The molecule has 0 saturated heterocycles. The fraction of sp³-hybridized carbons (Fsp3) is 0.643. The maximum absolute atomic E-state index is 12.0. The van der Waals surface area contributed by atoms with Gasteiger partial charge in [0.1, 0.15) is 12.6 Å². The number of carbonyl (C=O) groups excluding carboxylic acids is 4. The molecule has 0 fully saturated rings. The van der Waals surface area contributed by atoms with Gasteiger partial charge in [0.2, 0.25) is 23.6 Å². The molecule has 3 atom stereocenters. The Morgan fingerprint density at radius 1 is 1.04 bits per heavy atom. The molecule has 0 aromatic rings. The van der Waals surface area contributed by atoms with E-state index in [1.54, 1.807) is 13.8 Å². The van der Waals surface area contributed by atoms with E-state index in [1.165, 1.54) is 0 Å². The van der Waals surface area contributed by atoms with Gasteiger partial charge in [0.25, 0.3) is 0 Å². The van der Waals surface area contributed by atoms with Gasteiger partial charge in [0.15, 0.2) is 0 Å². The number of primary amides is 1. The normalized spacial score (nSPS) is 13.9. The predicted molar refractivity (Wildman–Crippen MR) is 86.8 cm³/mol. The van der Waals surface area contributed by atoms with Crippen LogP contribution in [0.1, 0.15) is 26.7 Å². The molecule has 142 valence electrons.